The minimum Gasteiger partial charge on any atom is -0.497 e. The van der Waals surface area contributed by atoms with E-state index in [0.717, 1.165) is 16.9 Å². The van der Waals surface area contributed by atoms with Crippen molar-refractivity contribution in [3.8, 4) is 11.5 Å². The van der Waals surface area contributed by atoms with Crippen LogP contribution in [0.1, 0.15) is 12.2 Å². The molecule has 0 spiro atoms. The predicted octanol–water partition coefficient (Wildman–Crippen LogP) is 2.27. The Morgan fingerprint density at radius 1 is 1.07 bits per heavy atom. The molecule has 2 amide bonds. The van der Waals surface area contributed by atoms with E-state index >= 15 is 0 Å². The van der Waals surface area contributed by atoms with E-state index in [4.69, 9.17) is 9.47 Å². The van der Waals surface area contributed by atoms with Crippen LogP contribution in [0.25, 0.3) is 11.0 Å². The van der Waals surface area contributed by atoms with Gasteiger partial charge in [0.2, 0.25) is 11.8 Å². The molecule has 0 saturated carbocycles. The Morgan fingerprint density at radius 2 is 1.89 bits per heavy atom. The van der Waals surface area contributed by atoms with Crippen LogP contribution >= 0.6 is 0 Å². The molecule has 0 aliphatic carbocycles. The quantitative estimate of drug-likeness (QED) is 0.518. The van der Waals surface area contributed by atoms with Gasteiger partial charge in [-0.15, -0.1) is 0 Å². The van der Waals surface area contributed by atoms with E-state index in [2.05, 4.69) is 20.6 Å². The number of carbonyl (C=O) groups excluding carboxylic acids is 2. The van der Waals surface area contributed by atoms with Gasteiger partial charge >= 0.3 is 0 Å². The van der Waals surface area contributed by atoms with Gasteiger partial charge in [-0.3, -0.25) is 9.59 Å². The van der Waals surface area contributed by atoms with E-state index in [-0.39, 0.29) is 12.3 Å². The van der Waals surface area contributed by atoms with Crippen LogP contribution in [0.3, 0.4) is 0 Å². The molecule has 0 aliphatic heterocycles. The second-order valence-electron chi connectivity index (χ2n) is 6.09. The highest BCUT2D eigenvalue weighted by molar-refractivity contribution is 6.04. The van der Waals surface area contributed by atoms with Crippen LogP contribution in [0.4, 0.5) is 5.69 Å². The first-order chi connectivity index (χ1) is 13.6. The lowest BCUT2D eigenvalue weighted by atomic mass is 10.2. The Bertz CT molecular complexity index is 950. The number of imidazole rings is 1. The number of hydrogen-bond donors (Lipinski definition) is 3. The molecule has 2 aromatic carbocycles. The molecule has 0 bridgehead atoms. The van der Waals surface area contributed by atoms with Crippen molar-refractivity contribution in [1.82, 2.24) is 15.3 Å². The number of aromatic amines is 1. The largest absolute Gasteiger partial charge is 0.497 e. The lowest BCUT2D eigenvalue weighted by Gasteiger charge is -2.11. The molecule has 8 heteroatoms. The summed E-state index contributed by atoms with van der Waals surface area (Å²) >= 11 is 0. The van der Waals surface area contributed by atoms with Gasteiger partial charge in [-0.25, -0.2) is 4.98 Å². The Morgan fingerprint density at radius 3 is 2.64 bits per heavy atom. The van der Waals surface area contributed by atoms with Crippen LogP contribution in [0, 0.1) is 0 Å². The van der Waals surface area contributed by atoms with Gasteiger partial charge in [0.05, 0.1) is 30.9 Å². The summed E-state index contributed by atoms with van der Waals surface area (Å²) in [5.74, 6) is 1.04. The molecule has 0 fully saturated rings. The summed E-state index contributed by atoms with van der Waals surface area (Å²) in [6.07, 6.45) is 0.256. The zero-order valence-electron chi connectivity index (χ0n) is 15.7. The van der Waals surface area contributed by atoms with E-state index in [9.17, 15) is 9.59 Å². The smallest absolute Gasteiger partial charge is 0.233 e. The van der Waals surface area contributed by atoms with E-state index in [1.54, 1.807) is 18.2 Å². The number of hydrogen-bond acceptors (Lipinski definition) is 5. The fourth-order valence-corrected chi connectivity index (χ4v) is 2.76. The highest BCUT2D eigenvalue weighted by Gasteiger charge is 2.13. The summed E-state index contributed by atoms with van der Waals surface area (Å²) < 4.78 is 10.3. The number of carbonyl (C=O) groups is 2. The Labute approximate surface area is 162 Å². The number of anilines is 1. The third-order valence-corrected chi connectivity index (χ3v) is 4.12. The molecule has 146 valence electrons. The molecule has 3 aromatic rings. The third-order valence-electron chi connectivity index (χ3n) is 4.12. The molecule has 0 radical (unpaired) electrons. The number of nitrogens with zero attached hydrogens (tertiary/aromatic N) is 1. The Hall–Kier alpha value is -3.55. The lowest BCUT2D eigenvalue weighted by molar-refractivity contribution is -0.126. The molecular formula is C20H22N4O4. The summed E-state index contributed by atoms with van der Waals surface area (Å²) in [6.45, 7) is 0.383. The van der Waals surface area contributed by atoms with Crippen molar-refractivity contribution < 1.29 is 19.1 Å². The molecule has 0 unspecified atom stereocenters. The molecule has 1 aromatic heterocycles. The number of H-pyrrole nitrogens is 1. The van der Waals surface area contributed by atoms with Crippen molar-refractivity contribution in [2.75, 3.05) is 26.1 Å². The van der Waals surface area contributed by atoms with E-state index in [1.165, 1.54) is 14.2 Å². The molecule has 8 nitrogen and oxygen atoms in total. The third kappa shape index (κ3) is 4.79. The number of para-hydroxylation sites is 2. The molecule has 28 heavy (non-hydrogen) atoms. The number of fused-ring (bicyclic) bond motifs is 1. The maximum absolute atomic E-state index is 12.2. The first kappa shape index (κ1) is 19.2. The van der Waals surface area contributed by atoms with Crippen LogP contribution in [0.2, 0.25) is 0 Å². The van der Waals surface area contributed by atoms with Crippen LogP contribution in [-0.4, -0.2) is 42.5 Å². The average Bonchev–Trinajstić information content (AvgIpc) is 3.10. The normalized spacial score (nSPS) is 10.5. The van der Waals surface area contributed by atoms with Gasteiger partial charge in [-0.1, -0.05) is 12.1 Å². The topological polar surface area (TPSA) is 105 Å². The summed E-state index contributed by atoms with van der Waals surface area (Å²) in [6, 6.07) is 12.8. The van der Waals surface area contributed by atoms with Gasteiger partial charge in [-0.2, -0.15) is 0 Å². The molecular weight excluding hydrogens is 360 g/mol. The minimum absolute atomic E-state index is 0.291. The fourth-order valence-electron chi connectivity index (χ4n) is 2.76. The highest BCUT2D eigenvalue weighted by Crippen LogP contribution is 2.28. The van der Waals surface area contributed by atoms with Crippen LogP contribution < -0.4 is 20.1 Å². The summed E-state index contributed by atoms with van der Waals surface area (Å²) in [7, 11) is 3.03. The number of rotatable bonds is 8. The predicted molar refractivity (Wildman–Crippen MR) is 106 cm³/mol. The van der Waals surface area contributed by atoms with Gasteiger partial charge in [-0.05, 0) is 24.3 Å². The number of aromatic nitrogens is 2. The molecule has 0 saturated heterocycles. The van der Waals surface area contributed by atoms with Crippen LogP contribution in [-0.2, 0) is 16.0 Å². The maximum Gasteiger partial charge on any atom is 0.233 e. The fraction of sp³-hybridized carbons (Fsp3) is 0.250. The second-order valence-corrected chi connectivity index (χ2v) is 6.09. The number of methoxy groups -OCH3 is 2. The summed E-state index contributed by atoms with van der Waals surface area (Å²) in [4.78, 5) is 31.8. The van der Waals surface area contributed by atoms with Gasteiger partial charge in [0.1, 0.15) is 23.7 Å². The van der Waals surface area contributed by atoms with Crippen LogP contribution in [0.15, 0.2) is 42.5 Å². The average molecular weight is 382 g/mol. The standard InChI is InChI=1S/C20H22N4O4/c1-27-13-7-8-17(28-2)16(11-13)24-20(26)12-19(25)21-10-9-18-22-14-5-3-4-6-15(14)23-18/h3-8,11H,9-10,12H2,1-2H3,(H,21,25)(H,22,23)(H,24,26). The lowest BCUT2D eigenvalue weighted by Crippen LogP contribution is -2.29. The zero-order chi connectivity index (χ0) is 19.9. The SMILES string of the molecule is COc1ccc(OC)c(NC(=O)CC(=O)NCCc2nc3ccccc3[nH]2)c1. The van der Waals surface area contributed by atoms with Gasteiger partial charge in [0.15, 0.2) is 0 Å². The number of amides is 2. The monoisotopic (exact) mass is 382 g/mol. The first-order valence-corrected chi connectivity index (χ1v) is 8.81. The molecule has 1 heterocycles. The number of nitrogens with one attached hydrogen (secondary N) is 3. The molecule has 3 rings (SSSR count). The van der Waals surface area contributed by atoms with E-state index < -0.39 is 5.91 Å². The van der Waals surface area contributed by atoms with Crippen LogP contribution in [0.5, 0.6) is 11.5 Å². The van der Waals surface area contributed by atoms with E-state index in [1.807, 2.05) is 24.3 Å². The number of ether oxygens (including phenoxy) is 2. The minimum atomic E-state index is -0.437. The van der Waals surface area contributed by atoms with Gasteiger partial charge < -0.3 is 25.1 Å². The maximum atomic E-state index is 12.2. The van der Waals surface area contributed by atoms with Gasteiger partial charge in [0.25, 0.3) is 0 Å². The molecule has 0 atom stereocenters. The summed E-state index contributed by atoms with van der Waals surface area (Å²) in [5.41, 5.74) is 2.29. The van der Waals surface area contributed by atoms with Crippen molar-refractivity contribution in [3.63, 3.8) is 0 Å². The Balaban J connectivity index is 1.48. The van der Waals surface area contributed by atoms with Crippen molar-refractivity contribution in [3.05, 3.63) is 48.3 Å². The highest BCUT2D eigenvalue weighted by atomic mass is 16.5. The van der Waals surface area contributed by atoms with Crippen molar-refractivity contribution >= 4 is 28.5 Å². The van der Waals surface area contributed by atoms with Crippen molar-refractivity contribution in [1.29, 1.82) is 0 Å². The van der Waals surface area contributed by atoms with E-state index in [0.29, 0.717) is 30.2 Å². The van der Waals surface area contributed by atoms with Crippen molar-refractivity contribution in [2.24, 2.45) is 0 Å². The van der Waals surface area contributed by atoms with Gasteiger partial charge in [0, 0.05) is 19.0 Å². The first-order valence-electron chi connectivity index (χ1n) is 8.81. The second kappa shape index (κ2) is 8.90. The van der Waals surface area contributed by atoms with Crippen molar-refractivity contribution in [2.45, 2.75) is 12.8 Å². The Kier molecular flexibility index (Phi) is 6.11. The zero-order valence-corrected chi connectivity index (χ0v) is 15.7. The molecule has 0 aliphatic rings. The number of benzene rings is 2. The molecule has 3 N–H and O–H groups in total. The summed E-state index contributed by atoms with van der Waals surface area (Å²) in [5, 5.41) is 5.40.